The summed E-state index contributed by atoms with van der Waals surface area (Å²) < 4.78 is 13.2. The topological polar surface area (TPSA) is 21.7 Å². The molecule has 7 aromatic rings. The van der Waals surface area contributed by atoms with Crippen molar-refractivity contribution in [2.75, 3.05) is 4.90 Å². The molecule has 0 radical (unpaired) electrons. The van der Waals surface area contributed by atoms with E-state index in [1.165, 1.54) is 60.8 Å². The fourth-order valence-electron chi connectivity index (χ4n) is 8.46. The van der Waals surface area contributed by atoms with Crippen LogP contribution in [0.3, 0.4) is 0 Å². The Morgan fingerprint density at radius 2 is 1.16 bits per heavy atom. The molecule has 0 saturated heterocycles. The predicted molar refractivity (Wildman–Crippen MR) is 203 cm³/mol. The lowest BCUT2D eigenvalue weighted by Gasteiger charge is -2.39. The normalized spacial score (nSPS) is 14.2. The lowest BCUT2D eigenvalue weighted by Crippen LogP contribution is -2.57. The van der Waals surface area contributed by atoms with Crippen molar-refractivity contribution in [3.8, 4) is 34.1 Å². The molecule has 2 aliphatic heterocycles. The van der Waals surface area contributed by atoms with E-state index in [1.54, 1.807) is 0 Å². The van der Waals surface area contributed by atoms with Crippen LogP contribution >= 0.6 is 0 Å². The zero-order valence-corrected chi connectivity index (χ0v) is 28.0. The lowest BCUT2D eigenvalue weighted by molar-refractivity contribution is 0.464. The molecule has 234 valence electrons. The summed E-state index contributed by atoms with van der Waals surface area (Å²) in [6.45, 7) is 9.08. The third kappa shape index (κ3) is 4.04. The fourth-order valence-corrected chi connectivity index (χ4v) is 8.46. The molecule has 0 unspecified atom stereocenters. The number of rotatable bonds is 3. The number of ether oxygens (including phenoxy) is 2. The first-order valence-electron chi connectivity index (χ1n) is 17.1. The SMILES string of the molecule is Cc1ccc(N(c2ccc(C)cc2)c2ccc3c4c(cccc24)C(C)(C)c2cc4c(cc2-3)Oc2cccc3c2B4c2ccccc2O3)cc1. The molecule has 0 spiro atoms. The quantitative estimate of drug-likeness (QED) is 0.181. The van der Waals surface area contributed by atoms with E-state index in [0.717, 1.165) is 39.8 Å². The molecule has 2 heterocycles. The molecule has 7 aromatic carbocycles. The van der Waals surface area contributed by atoms with Crippen LogP contribution in [0.15, 0.2) is 133 Å². The molecular formula is C45H34BNO2. The van der Waals surface area contributed by atoms with Gasteiger partial charge in [-0.25, -0.2) is 0 Å². The van der Waals surface area contributed by atoms with E-state index in [0.29, 0.717) is 0 Å². The van der Waals surface area contributed by atoms with Crippen LogP contribution in [0.25, 0.3) is 21.9 Å². The van der Waals surface area contributed by atoms with Gasteiger partial charge in [-0.2, -0.15) is 0 Å². The molecule has 0 fully saturated rings. The second kappa shape index (κ2) is 10.1. The van der Waals surface area contributed by atoms with Gasteiger partial charge in [0.1, 0.15) is 23.0 Å². The minimum atomic E-state index is -0.251. The summed E-state index contributed by atoms with van der Waals surface area (Å²) in [5.74, 6) is 3.57. The predicted octanol–water partition coefficient (Wildman–Crippen LogP) is 9.96. The van der Waals surface area contributed by atoms with Gasteiger partial charge in [0.15, 0.2) is 0 Å². The monoisotopic (exact) mass is 631 g/mol. The average molecular weight is 632 g/mol. The van der Waals surface area contributed by atoms with Gasteiger partial charge in [0, 0.05) is 27.6 Å². The molecule has 0 saturated carbocycles. The molecule has 0 atom stereocenters. The van der Waals surface area contributed by atoms with E-state index in [2.05, 4.69) is 160 Å². The summed E-state index contributed by atoms with van der Waals surface area (Å²) in [7, 11) is 0. The van der Waals surface area contributed by atoms with Crippen LogP contribution in [-0.4, -0.2) is 6.71 Å². The van der Waals surface area contributed by atoms with E-state index >= 15 is 0 Å². The number of hydrogen-bond acceptors (Lipinski definition) is 3. The Kier molecular flexibility index (Phi) is 5.85. The minimum Gasteiger partial charge on any atom is -0.458 e. The molecule has 0 aromatic heterocycles. The molecule has 0 amide bonds. The van der Waals surface area contributed by atoms with Gasteiger partial charge in [-0.15, -0.1) is 0 Å². The molecule has 49 heavy (non-hydrogen) atoms. The van der Waals surface area contributed by atoms with Crippen molar-refractivity contribution in [2.24, 2.45) is 0 Å². The highest BCUT2D eigenvalue weighted by Gasteiger charge is 2.43. The van der Waals surface area contributed by atoms with Gasteiger partial charge in [0.05, 0.1) is 5.69 Å². The Morgan fingerprint density at radius 1 is 0.531 bits per heavy atom. The highest BCUT2D eigenvalue weighted by atomic mass is 16.5. The number of anilines is 3. The van der Waals surface area contributed by atoms with Crippen LogP contribution in [0.4, 0.5) is 17.1 Å². The Bertz CT molecular complexity index is 2450. The highest BCUT2D eigenvalue weighted by molar-refractivity contribution is 6.98. The number of hydrogen-bond donors (Lipinski definition) is 0. The van der Waals surface area contributed by atoms with Crippen molar-refractivity contribution in [1.29, 1.82) is 0 Å². The van der Waals surface area contributed by atoms with Gasteiger partial charge in [0.25, 0.3) is 6.71 Å². The van der Waals surface area contributed by atoms with E-state index in [9.17, 15) is 0 Å². The Hall–Kier alpha value is -5.74. The molecule has 1 aliphatic carbocycles. The van der Waals surface area contributed by atoms with E-state index < -0.39 is 0 Å². The molecule has 3 aliphatic rings. The summed E-state index contributed by atoms with van der Waals surface area (Å²) in [5.41, 5.74) is 14.3. The largest absolute Gasteiger partial charge is 0.458 e. The fraction of sp³-hybridized carbons (Fsp3) is 0.111. The standard InChI is InChI=1S/C45H34BNO2/c1-27-15-19-29(20-16-27)47(30-21-17-28(2)18-22-30)38-24-23-31-33-25-42-37(26-35(33)45(3,4)34-10-7-9-32(38)43(31)34)46-36-11-5-6-12-39(36)48-40-13-8-14-41(49-42)44(40)46/h5-26H,1-4H3. The first-order chi connectivity index (χ1) is 23.9. The smallest absolute Gasteiger partial charge is 0.260 e. The Labute approximate surface area is 287 Å². The number of benzene rings is 7. The van der Waals surface area contributed by atoms with Gasteiger partial charge in [-0.3, -0.25) is 0 Å². The number of nitrogens with zero attached hydrogens (tertiary/aromatic N) is 1. The van der Waals surface area contributed by atoms with E-state index in [-0.39, 0.29) is 12.1 Å². The van der Waals surface area contributed by atoms with Crippen LogP contribution in [0.5, 0.6) is 23.0 Å². The van der Waals surface area contributed by atoms with Crippen LogP contribution in [-0.2, 0) is 5.41 Å². The third-order valence-electron chi connectivity index (χ3n) is 10.9. The van der Waals surface area contributed by atoms with Crippen molar-refractivity contribution in [1.82, 2.24) is 0 Å². The first kappa shape index (κ1) is 28.3. The second-order valence-electron chi connectivity index (χ2n) is 14.3. The van der Waals surface area contributed by atoms with Crippen LogP contribution in [0.1, 0.15) is 36.1 Å². The van der Waals surface area contributed by atoms with E-state index in [4.69, 9.17) is 9.47 Å². The van der Waals surface area contributed by atoms with Crippen LogP contribution < -0.4 is 30.8 Å². The maximum Gasteiger partial charge on any atom is 0.260 e. The van der Waals surface area contributed by atoms with Gasteiger partial charge >= 0.3 is 0 Å². The average Bonchev–Trinajstić information content (AvgIpc) is 3.12. The van der Waals surface area contributed by atoms with Crippen molar-refractivity contribution < 1.29 is 9.47 Å². The van der Waals surface area contributed by atoms with E-state index in [1.807, 2.05) is 6.07 Å². The van der Waals surface area contributed by atoms with Crippen LogP contribution in [0.2, 0.25) is 0 Å². The van der Waals surface area contributed by atoms with Crippen molar-refractivity contribution >= 4 is 50.9 Å². The molecule has 0 bridgehead atoms. The highest BCUT2D eigenvalue weighted by Crippen LogP contribution is 2.52. The zero-order chi connectivity index (χ0) is 33.0. The summed E-state index contributed by atoms with van der Waals surface area (Å²) in [6, 6.07) is 48.5. The van der Waals surface area contributed by atoms with Gasteiger partial charge in [-0.1, -0.05) is 104 Å². The molecule has 10 rings (SSSR count). The van der Waals surface area contributed by atoms with Crippen molar-refractivity contribution in [3.63, 3.8) is 0 Å². The summed E-state index contributed by atoms with van der Waals surface area (Å²) in [5, 5.41) is 2.54. The van der Waals surface area contributed by atoms with Gasteiger partial charge in [0.2, 0.25) is 0 Å². The Balaban J connectivity index is 1.21. The zero-order valence-electron chi connectivity index (χ0n) is 28.0. The first-order valence-corrected chi connectivity index (χ1v) is 17.1. The summed E-state index contributed by atoms with van der Waals surface area (Å²) in [6.07, 6.45) is 0. The maximum atomic E-state index is 6.77. The number of aryl methyl sites for hydroxylation is 2. The Morgan fingerprint density at radius 3 is 1.88 bits per heavy atom. The molecular weight excluding hydrogens is 597 g/mol. The van der Waals surface area contributed by atoms with Crippen molar-refractivity contribution in [2.45, 2.75) is 33.1 Å². The number of para-hydroxylation sites is 1. The summed E-state index contributed by atoms with van der Waals surface area (Å²) in [4.78, 5) is 2.40. The minimum absolute atomic E-state index is 0.0399. The van der Waals surface area contributed by atoms with Gasteiger partial charge in [-0.05, 0) is 107 Å². The molecule has 4 heteroatoms. The van der Waals surface area contributed by atoms with Crippen molar-refractivity contribution in [3.05, 3.63) is 156 Å². The molecule has 0 N–H and O–H groups in total. The van der Waals surface area contributed by atoms with Crippen LogP contribution in [0, 0.1) is 13.8 Å². The lowest BCUT2D eigenvalue weighted by atomic mass is 9.34. The maximum absolute atomic E-state index is 6.77. The summed E-state index contributed by atoms with van der Waals surface area (Å²) >= 11 is 0. The molecule has 3 nitrogen and oxygen atoms in total. The number of fused-ring (bicyclic) bond motifs is 6. The third-order valence-corrected chi connectivity index (χ3v) is 10.9. The van der Waals surface area contributed by atoms with Gasteiger partial charge < -0.3 is 14.4 Å². The second-order valence-corrected chi connectivity index (χ2v) is 14.3.